The van der Waals surface area contributed by atoms with Crippen LogP contribution in [0, 0.1) is 0 Å². The van der Waals surface area contributed by atoms with Gasteiger partial charge in [0.2, 0.25) is 0 Å². The molecule has 1 aliphatic heterocycles. The fourth-order valence-electron chi connectivity index (χ4n) is 3.05. The zero-order valence-corrected chi connectivity index (χ0v) is 14.2. The summed E-state index contributed by atoms with van der Waals surface area (Å²) in [6.45, 7) is 3.34. The second kappa shape index (κ2) is 8.02. The summed E-state index contributed by atoms with van der Waals surface area (Å²) in [4.78, 5) is 4.89. The van der Waals surface area contributed by atoms with Crippen LogP contribution in [0.1, 0.15) is 31.2 Å². The van der Waals surface area contributed by atoms with E-state index in [1.54, 1.807) is 7.11 Å². The fraction of sp³-hybridized carbons (Fsp3) is 0.647. The van der Waals surface area contributed by atoms with Crippen LogP contribution in [0.25, 0.3) is 0 Å². The van der Waals surface area contributed by atoms with Gasteiger partial charge in [0.1, 0.15) is 5.75 Å². The van der Waals surface area contributed by atoms with Crippen LogP contribution in [0.3, 0.4) is 0 Å². The Labute approximate surface area is 133 Å². The van der Waals surface area contributed by atoms with E-state index in [4.69, 9.17) is 16.3 Å². The molecule has 0 saturated carbocycles. The number of piperidine rings is 1. The van der Waals surface area contributed by atoms with E-state index in [9.17, 15) is 0 Å². The van der Waals surface area contributed by atoms with Gasteiger partial charge in [-0.2, -0.15) is 0 Å². The van der Waals surface area contributed by atoms with Crippen molar-refractivity contribution < 1.29 is 4.74 Å². The van der Waals surface area contributed by atoms with Gasteiger partial charge < -0.3 is 9.64 Å². The summed E-state index contributed by atoms with van der Waals surface area (Å²) in [6.07, 6.45) is 5.23. The van der Waals surface area contributed by atoms with Crippen LogP contribution in [-0.4, -0.2) is 50.1 Å². The molecule has 3 nitrogen and oxygen atoms in total. The molecule has 2 rings (SSSR count). The zero-order chi connectivity index (χ0) is 15.2. The van der Waals surface area contributed by atoms with Crippen LogP contribution < -0.4 is 4.74 Å². The van der Waals surface area contributed by atoms with Crippen molar-refractivity contribution in [1.29, 1.82) is 0 Å². The quantitative estimate of drug-likeness (QED) is 0.797. The highest BCUT2D eigenvalue weighted by Gasteiger charge is 2.22. The molecular weight excluding hydrogens is 284 g/mol. The van der Waals surface area contributed by atoms with Crippen molar-refractivity contribution in [3.8, 4) is 5.75 Å². The zero-order valence-electron chi connectivity index (χ0n) is 13.4. The van der Waals surface area contributed by atoms with E-state index in [2.05, 4.69) is 30.0 Å². The Morgan fingerprint density at radius 1 is 1.33 bits per heavy atom. The van der Waals surface area contributed by atoms with E-state index in [0.717, 1.165) is 18.8 Å². The van der Waals surface area contributed by atoms with Gasteiger partial charge in [0, 0.05) is 12.6 Å². The van der Waals surface area contributed by atoms with E-state index < -0.39 is 0 Å². The number of rotatable bonds is 6. The molecule has 118 valence electrons. The summed E-state index contributed by atoms with van der Waals surface area (Å²) < 4.78 is 5.22. The molecule has 1 aromatic carbocycles. The summed E-state index contributed by atoms with van der Waals surface area (Å²) in [6, 6.07) is 6.83. The van der Waals surface area contributed by atoms with E-state index in [1.165, 1.54) is 37.8 Å². The third-order valence-corrected chi connectivity index (χ3v) is 4.56. The van der Waals surface area contributed by atoms with E-state index >= 15 is 0 Å². The molecule has 1 aromatic rings. The largest absolute Gasteiger partial charge is 0.495 e. The van der Waals surface area contributed by atoms with Crippen LogP contribution in [0.4, 0.5) is 0 Å². The predicted molar refractivity (Wildman–Crippen MR) is 89.2 cm³/mol. The smallest absolute Gasteiger partial charge is 0.137 e. The Hall–Kier alpha value is -0.770. The molecule has 0 unspecified atom stereocenters. The third-order valence-electron chi connectivity index (χ3n) is 4.26. The maximum atomic E-state index is 6.24. The minimum Gasteiger partial charge on any atom is -0.495 e. The lowest BCUT2D eigenvalue weighted by Gasteiger charge is -2.36. The number of ether oxygens (including phenoxy) is 1. The normalized spacial score (nSPS) is 20.0. The average molecular weight is 311 g/mol. The summed E-state index contributed by atoms with van der Waals surface area (Å²) in [7, 11) is 5.95. The summed E-state index contributed by atoms with van der Waals surface area (Å²) in [5.41, 5.74) is 1.28. The first-order valence-corrected chi connectivity index (χ1v) is 8.19. The second-order valence-electron chi connectivity index (χ2n) is 6.18. The highest BCUT2D eigenvalue weighted by molar-refractivity contribution is 6.32. The third kappa shape index (κ3) is 4.87. The lowest BCUT2D eigenvalue weighted by molar-refractivity contribution is 0.124. The number of halogens is 1. The van der Waals surface area contributed by atoms with Crippen LogP contribution in [0.2, 0.25) is 5.02 Å². The molecule has 0 radical (unpaired) electrons. The topological polar surface area (TPSA) is 15.7 Å². The highest BCUT2D eigenvalue weighted by Crippen LogP contribution is 2.27. The molecule has 0 amide bonds. The highest BCUT2D eigenvalue weighted by atomic mass is 35.5. The van der Waals surface area contributed by atoms with Crippen LogP contribution in [0.5, 0.6) is 5.75 Å². The van der Waals surface area contributed by atoms with Gasteiger partial charge in [-0.3, -0.25) is 4.90 Å². The number of benzene rings is 1. The Bertz CT molecular complexity index is 450. The fourth-order valence-corrected chi connectivity index (χ4v) is 3.33. The second-order valence-corrected chi connectivity index (χ2v) is 6.59. The first kappa shape index (κ1) is 16.6. The first-order valence-electron chi connectivity index (χ1n) is 7.81. The van der Waals surface area contributed by atoms with Crippen molar-refractivity contribution in [1.82, 2.24) is 9.80 Å². The van der Waals surface area contributed by atoms with Crippen LogP contribution in [-0.2, 0) is 6.54 Å². The monoisotopic (exact) mass is 310 g/mol. The minimum absolute atomic E-state index is 0.696. The Morgan fingerprint density at radius 2 is 2.14 bits per heavy atom. The molecule has 1 saturated heterocycles. The summed E-state index contributed by atoms with van der Waals surface area (Å²) in [5, 5.41) is 0.705. The molecule has 1 heterocycles. The maximum Gasteiger partial charge on any atom is 0.137 e. The van der Waals surface area contributed by atoms with E-state index in [0.29, 0.717) is 11.1 Å². The number of methoxy groups -OCH3 is 1. The molecule has 4 heteroatoms. The summed E-state index contributed by atoms with van der Waals surface area (Å²) >= 11 is 6.24. The molecule has 0 spiro atoms. The molecule has 21 heavy (non-hydrogen) atoms. The van der Waals surface area contributed by atoms with Gasteiger partial charge in [-0.05, 0) is 64.1 Å². The maximum absolute atomic E-state index is 6.24. The molecule has 0 aromatic heterocycles. The van der Waals surface area contributed by atoms with Gasteiger partial charge in [0.25, 0.3) is 0 Å². The van der Waals surface area contributed by atoms with Crippen molar-refractivity contribution in [2.45, 2.75) is 38.3 Å². The lowest BCUT2D eigenvalue weighted by Crippen LogP contribution is -2.40. The van der Waals surface area contributed by atoms with E-state index in [-0.39, 0.29) is 0 Å². The van der Waals surface area contributed by atoms with Crippen molar-refractivity contribution in [2.75, 3.05) is 34.3 Å². The predicted octanol–water partition coefficient (Wildman–Crippen LogP) is 3.65. The number of nitrogens with zero attached hydrogens (tertiary/aromatic N) is 2. The van der Waals surface area contributed by atoms with Gasteiger partial charge in [0.05, 0.1) is 12.1 Å². The van der Waals surface area contributed by atoms with Crippen LogP contribution >= 0.6 is 11.6 Å². The molecule has 1 atom stereocenters. The SMILES string of the molecule is COc1ccc(CN2CCCC[C@@H]2CCN(C)C)cc1Cl. The number of likely N-dealkylation sites (tertiary alicyclic amines) is 1. The first-order chi connectivity index (χ1) is 10.1. The van der Waals surface area contributed by atoms with Crippen molar-refractivity contribution >= 4 is 11.6 Å². The van der Waals surface area contributed by atoms with Gasteiger partial charge >= 0.3 is 0 Å². The van der Waals surface area contributed by atoms with Gasteiger partial charge in [-0.25, -0.2) is 0 Å². The number of hydrogen-bond donors (Lipinski definition) is 0. The van der Waals surface area contributed by atoms with Crippen molar-refractivity contribution in [2.24, 2.45) is 0 Å². The van der Waals surface area contributed by atoms with Crippen molar-refractivity contribution in [3.05, 3.63) is 28.8 Å². The molecule has 0 bridgehead atoms. The average Bonchev–Trinajstić information content (AvgIpc) is 2.46. The van der Waals surface area contributed by atoms with Gasteiger partial charge in [-0.1, -0.05) is 24.1 Å². The van der Waals surface area contributed by atoms with Gasteiger partial charge in [0.15, 0.2) is 0 Å². The van der Waals surface area contributed by atoms with Crippen LogP contribution in [0.15, 0.2) is 18.2 Å². The molecule has 0 aliphatic carbocycles. The lowest BCUT2D eigenvalue weighted by atomic mass is 9.98. The Kier molecular flexibility index (Phi) is 6.34. The molecule has 0 N–H and O–H groups in total. The Balaban J connectivity index is 1.99. The van der Waals surface area contributed by atoms with Gasteiger partial charge in [-0.15, -0.1) is 0 Å². The molecule has 1 fully saturated rings. The van der Waals surface area contributed by atoms with Crippen molar-refractivity contribution in [3.63, 3.8) is 0 Å². The molecule has 1 aliphatic rings. The Morgan fingerprint density at radius 3 is 2.81 bits per heavy atom. The van der Waals surface area contributed by atoms with E-state index in [1.807, 2.05) is 12.1 Å². The number of hydrogen-bond acceptors (Lipinski definition) is 3. The molecular formula is C17H27ClN2O. The standard InChI is InChI=1S/C17H27ClN2O/c1-19(2)11-9-15-6-4-5-10-20(15)13-14-7-8-17(21-3)16(18)12-14/h7-8,12,15H,4-6,9-11,13H2,1-3H3/t15-/m1/s1. The summed E-state index contributed by atoms with van der Waals surface area (Å²) in [5.74, 6) is 0.753. The minimum atomic E-state index is 0.696.